The van der Waals surface area contributed by atoms with Gasteiger partial charge in [0.25, 0.3) is 0 Å². The van der Waals surface area contributed by atoms with E-state index in [1.54, 1.807) is 4.90 Å². The second-order valence-corrected chi connectivity index (χ2v) is 9.85. The smallest absolute Gasteiger partial charge is 0.444 e. The molecule has 2 heterocycles. The fraction of sp³-hybridized carbons (Fsp3) is 0.842. The van der Waals surface area contributed by atoms with Gasteiger partial charge in [0.2, 0.25) is 0 Å². The molecule has 2 saturated heterocycles. The number of amides is 1. The summed E-state index contributed by atoms with van der Waals surface area (Å²) in [6.45, 7) is 19.5. The molecule has 0 aromatic heterocycles. The molecule has 142 valence electrons. The molecule has 2 rings (SSSR count). The molecule has 0 aromatic carbocycles. The van der Waals surface area contributed by atoms with Crippen LogP contribution in [0.15, 0.2) is 11.5 Å². The fourth-order valence-corrected chi connectivity index (χ4v) is 3.16. The summed E-state index contributed by atoms with van der Waals surface area (Å²) >= 11 is 0. The van der Waals surface area contributed by atoms with E-state index in [4.69, 9.17) is 14.0 Å². The van der Waals surface area contributed by atoms with Gasteiger partial charge < -0.3 is 18.9 Å². The summed E-state index contributed by atoms with van der Waals surface area (Å²) in [5.41, 5.74) is -0.0175. The van der Waals surface area contributed by atoms with Gasteiger partial charge in [0.05, 0.1) is 11.2 Å². The van der Waals surface area contributed by atoms with E-state index in [1.165, 1.54) is 5.57 Å². The van der Waals surface area contributed by atoms with Gasteiger partial charge in [-0.2, -0.15) is 0 Å². The lowest BCUT2D eigenvalue weighted by Crippen LogP contribution is -2.47. The van der Waals surface area contributed by atoms with E-state index in [0.717, 1.165) is 6.42 Å². The SMILES string of the molecule is CC(C)(C)OC(=O)N1CC/C(=C\B2OC(C)(C)C(C)(C)O2)C(C)(C)C1. The lowest BCUT2D eigenvalue weighted by Gasteiger charge is -2.41. The zero-order chi connectivity index (χ0) is 19.3. The third-order valence-electron chi connectivity index (χ3n) is 5.37. The van der Waals surface area contributed by atoms with Crippen LogP contribution >= 0.6 is 0 Å². The van der Waals surface area contributed by atoms with Crippen LogP contribution in [0.4, 0.5) is 4.79 Å². The Kier molecular flexibility index (Phi) is 5.12. The summed E-state index contributed by atoms with van der Waals surface area (Å²) in [7, 11) is -0.340. The van der Waals surface area contributed by atoms with Gasteiger partial charge in [-0.1, -0.05) is 25.4 Å². The zero-order valence-electron chi connectivity index (χ0n) is 17.4. The van der Waals surface area contributed by atoms with Crippen LogP contribution in [0.3, 0.4) is 0 Å². The number of carbonyl (C=O) groups is 1. The predicted molar refractivity (Wildman–Crippen MR) is 100 cm³/mol. The third kappa shape index (κ3) is 4.59. The van der Waals surface area contributed by atoms with Crippen LogP contribution in [-0.4, -0.2) is 48.0 Å². The van der Waals surface area contributed by atoms with E-state index >= 15 is 0 Å². The van der Waals surface area contributed by atoms with E-state index in [0.29, 0.717) is 13.1 Å². The minimum atomic E-state index is -0.472. The number of ether oxygens (including phenoxy) is 1. The van der Waals surface area contributed by atoms with Gasteiger partial charge in [-0.25, -0.2) is 4.79 Å². The predicted octanol–water partition coefficient (Wildman–Crippen LogP) is 4.21. The Labute approximate surface area is 153 Å². The highest BCUT2D eigenvalue weighted by Crippen LogP contribution is 2.40. The first-order valence-corrected chi connectivity index (χ1v) is 9.18. The molecule has 0 unspecified atom stereocenters. The number of rotatable bonds is 1. The molecule has 0 N–H and O–H groups in total. The molecule has 2 aliphatic rings. The van der Waals surface area contributed by atoms with Crippen LogP contribution in [0.5, 0.6) is 0 Å². The lowest BCUT2D eigenvalue weighted by atomic mass is 9.73. The first-order chi connectivity index (χ1) is 11.1. The van der Waals surface area contributed by atoms with Crippen molar-refractivity contribution in [3.63, 3.8) is 0 Å². The monoisotopic (exact) mass is 351 g/mol. The van der Waals surface area contributed by atoms with Gasteiger partial charge in [-0.05, 0) is 54.9 Å². The van der Waals surface area contributed by atoms with Crippen molar-refractivity contribution in [1.29, 1.82) is 0 Å². The van der Waals surface area contributed by atoms with Gasteiger partial charge in [0.1, 0.15) is 5.60 Å². The minimum absolute atomic E-state index is 0.140. The van der Waals surface area contributed by atoms with Crippen molar-refractivity contribution in [2.75, 3.05) is 13.1 Å². The average Bonchev–Trinajstić information content (AvgIpc) is 2.57. The number of likely N-dealkylation sites (tertiary alicyclic amines) is 1. The number of hydrogen-bond acceptors (Lipinski definition) is 4. The molecule has 0 atom stereocenters. The molecular formula is C19H34BNO4. The Balaban J connectivity index is 2.08. The molecule has 0 spiro atoms. The van der Waals surface area contributed by atoms with Gasteiger partial charge in [0.15, 0.2) is 0 Å². The van der Waals surface area contributed by atoms with Crippen molar-refractivity contribution in [2.24, 2.45) is 5.41 Å². The third-order valence-corrected chi connectivity index (χ3v) is 5.37. The van der Waals surface area contributed by atoms with Crippen molar-refractivity contribution in [2.45, 2.75) is 85.5 Å². The molecule has 25 heavy (non-hydrogen) atoms. The molecular weight excluding hydrogens is 317 g/mol. The molecule has 0 aliphatic carbocycles. The second kappa shape index (κ2) is 6.31. The van der Waals surface area contributed by atoms with Crippen LogP contribution in [0.1, 0.15) is 68.7 Å². The van der Waals surface area contributed by atoms with Gasteiger partial charge >= 0.3 is 13.2 Å². The molecule has 2 aliphatic heterocycles. The van der Waals surface area contributed by atoms with Crippen molar-refractivity contribution in [3.8, 4) is 0 Å². The highest BCUT2D eigenvalue weighted by atomic mass is 16.7. The zero-order valence-corrected chi connectivity index (χ0v) is 17.4. The summed E-state index contributed by atoms with van der Waals surface area (Å²) in [5, 5.41) is 0. The maximum absolute atomic E-state index is 12.4. The molecule has 6 heteroatoms. The van der Waals surface area contributed by atoms with E-state index in [1.807, 2.05) is 20.8 Å². The molecule has 5 nitrogen and oxygen atoms in total. The van der Waals surface area contributed by atoms with Crippen LogP contribution in [0.2, 0.25) is 0 Å². The molecule has 1 amide bonds. The fourth-order valence-electron chi connectivity index (χ4n) is 3.16. The first-order valence-electron chi connectivity index (χ1n) is 9.18. The van der Waals surface area contributed by atoms with Gasteiger partial charge in [-0.15, -0.1) is 0 Å². The summed E-state index contributed by atoms with van der Waals surface area (Å²) in [6.07, 6.45) is 0.561. The number of hydrogen-bond donors (Lipinski definition) is 0. The Hall–Kier alpha value is -1.01. The van der Waals surface area contributed by atoms with Crippen molar-refractivity contribution in [1.82, 2.24) is 4.90 Å². The Morgan fingerprint density at radius 1 is 1.12 bits per heavy atom. The van der Waals surface area contributed by atoms with E-state index in [9.17, 15) is 4.79 Å². The van der Waals surface area contributed by atoms with Crippen LogP contribution in [0.25, 0.3) is 0 Å². The van der Waals surface area contributed by atoms with Crippen LogP contribution in [0, 0.1) is 5.41 Å². The maximum Gasteiger partial charge on any atom is 0.487 e. The van der Waals surface area contributed by atoms with Gasteiger partial charge in [-0.3, -0.25) is 0 Å². The lowest BCUT2D eigenvalue weighted by molar-refractivity contribution is 0.00578. The van der Waals surface area contributed by atoms with Crippen molar-refractivity contribution >= 4 is 13.2 Å². The Bertz CT molecular complexity index is 544. The second-order valence-electron chi connectivity index (χ2n) is 9.85. The molecule has 0 bridgehead atoms. The highest BCUT2D eigenvalue weighted by molar-refractivity contribution is 6.51. The number of piperidine rings is 1. The number of carbonyl (C=O) groups excluding carboxylic acids is 1. The largest absolute Gasteiger partial charge is 0.487 e. The molecule has 0 radical (unpaired) electrons. The summed E-state index contributed by atoms with van der Waals surface area (Å²) in [4.78, 5) is 14.2. The van der Waals surface area contributed by atoms with Crippen molar-refractivity contribution in [3.05, 3.63) is 11.5 Å². The topological polar surface area (TPSA) is 48.0 Å². The normalized spacial score (nSPS) is 26.8. The summed E-state index contributed by atoms with van der Waals surface area (Å²) in [5.74, 6) is 2.10. The molecule has 0 aromatic rings. The minimum Gasteiger partial charge on any atom is -0.444 e. The standard InChI is InChI=1S/C19H34BNO4/c1-16(2,3)23-15(22)21-11-10-14(17(4,5)13-21)12-20-24-18(6,7)19(8,9)25-20/h12H,10-11,13H2,1-9H3/b14-12+. The van der Waals surface area contributed by atoms with E-state index < -0.39 is 5.60 Å². The highest BCUT2D eigenvalue weighted by Gasteiger charge is 2.51. The Morgan fingerprint density at radius 3 is 2.08 bits per heavy atom. The molecule has 2 fully saturated rings. The van der Waals surface area contributed by atoms with Crippen molar-refractivity contribution < 1.29 is 18.8 Å². The van der Waals surface area contributed by atoms with Crippen LogP contribution in [-0.2, 0) is 14.0 Å². The Morgan fingerprint density at radius 2 is 1.64 bits per heavy atom. The molecule has 0 saturated carbocycles. The number of nitrogens with zero attached hydrogens (tertiary/aromatic N) is 1. The van der Waals surface area contributed by atoms with E-state index in [-0.39, 0.29) is 29.8 Å². The first kappa shape index (κ1) is 20.3. The quantitative estimate of drug-likeness (QED) is 0.664. The summed E-state index contributed by atoms with van der Waals surface area (Å²) < 4.78 is 17.7. The van der Waals surface area contributed by atoms with E-state index in [2.05, 4.69) is 47.5 Å². The maximum atomic E-state index is 12.4. The van der Waals surface area contributed by atoms with Crippen LogP contribution < -0.4 is 0 Å². The van der Waals surface area contributed by atoms with Gasteiger partial charge in [0, 0.05) is 18.5 Å². The summed E-state index contributed by atoms with van der Waals surface area (Å²) in [6, 6.07) is 0. The average molecular weight is 351 g/mol.